The van der Waals surface area contributed by atoms with Gasteiger partial charge in [-0.25, -0.2) is 0 Å². The lowest BCUT2D eigenvalue weighted by Gasteiger charge is -2.12. The number of ether oxygens (including phenoxy) is 1. The Morgan fingerprint density at radius 3 is 2.24 bits per heavy atom. The van der Waals surface area contributed by atoms with Gasteiger partial charge in [-0.15, -0.1) is 0 Å². The van der Waals surface area contributed by atoms with Gasteiger partial charge in [0, 0.05) is 5.56 Å². The number of benzene rings is 2. The van der Waals surface area contributed by atoms with Crippen LogP contribution in [0.2, 0.25) is 0 Å². The molecular weight excluding hydrogens is 262 g/mol. The average molecular weight is 283 g/mol. The first kappa shape index (κ1) is 15.1. The normalized spacial score (nSPS) is 10.2. The SMILES string of the molecule is Cc1ccc(C(=O)NCCOc2c(C)cccc2C)cc1. The summed E-state index contributed by atoms with van der Waals surface area (Å²) >= 11 is 0. The molecule has 0 saturated carbocycles. The summed E-state index contributed by atoms with van der Waals surface area (Å²) in [6.07, 6.45) is 0. The first-order chi connectivity index (χ1) is 10.1. The van der Waals surface area contributed by atoms with E-state index >= 15 is 0 Å². The van der Waals surface area contributed by atoms with E-state index in [9.17, 15) is 4.79 Å². The number of rotatable bonds is 5. The molecule has 0 saturated heterocycles. The van der Waals surface area contributed by atoms with Crippen LogP contribution in [-0.4, -0.2) is 19.1 Å². The minimum Gasteiger partial charge on any atom is -0.491 e. The van der Waals surface area contributed by atoms with Gasteiger partial charge in [-0.2, -0.15) is 0 Å². The number of hydrogen-bond donors (Lipinski definition) is 1. The minimum absolute atomic E-state index is 0.0693. The fourth-order valence-electron chi connectivity index (χ4n) is 2.15. The monoisotopic (exact) mass is 283 g/mol. The van der Waals surface area contributed by atoms with Crippen LogP contribution in [0.25, 0.3) is 0 Å². The predicted octanol–water partition coefficient (Wildman–Crippen LogP) is 3.42. The van der Waals surface area contributed by atoms with Crippen LogP contribution in [-0.2, 0) is 0 Å². The number of amides is 1. The van der Waals surface area contributed by atoms with Gasteiger partial charge < -0.3 is 10.1 Å². The molecule has 0 heterocycles. The average Bonchev–Trinajstić information content (AvgIpc) is 2.46. The van der Waals surface area contributed by atoms with Crippen LogP contribution < -0.4 is 10.1 Å². The summed E-state index contributed by atoms with van der Waals surface area (Å²) in [4.78, 5) is 11.9. The molecule has 2 aromatic carbocycles. The second kappa shape index (κ2) is 6.93. The lowest BCUT2D eigenvalue weighted by Crippen LogP contribution is -2.28. The summed E-state index contributed by atoms with van der Waals surface area (Å²) in [7, 11) is 0. The van der Waals surface area contributed by atoms with E-state index in [0.717, 1.165) is 22.4 Å². The van der Waals surface area contributed by atoms with Crippen molar-refractivity contribution >= 4 is 5.91 Å². The Balaban J connectivity index is 1.82. The molecule has 0 aliphatic carbocycles. The molecule has 0 fully saturated rings. The lowest BCUT2D eigenvalue weighted by molar-refractivity contribution is 0.0947. The number of aryl methyl sites for hydroxylation is 3. The van der Waals surface area contributed by atoms with Crippen molar-refractivity contribution < 1.29 is 9.53 Å². The van der Waals surface area contributed by atoms with Gasteiger partial charge in [-0.1, -0.05) is 35.9 Å². The Morgan fingerprint density at radius 2 is 1.62 bits per heavy atom. The van der Waals surface area contributed by atoms with Crippen LogP contribution >= 0.6 is 0 Å². The van der Waals surface area contributed by atoms with E-state index in [2.05, 4.69) is 5.32 Å². The highest BCUT2D eigenvalue weighted by molar-refractivity contribution is 5.94. The van der Waals surface area contributed by atoms with E-state index in [1.54, 1.807) is 0 Å². The standard InChI is InChI=1S/C18H21NO2/c1-13-7-9-16(10-8-13)18(20)19-11-12-21-17-14(2)5-4-6-15(17)3/h4-10H,11-12H2,1-3H3,(H,19,20). The van der Waals surface area contributed by atoms with Crippen LogP contribution in [0.4, 0.5) is 0 Å². The summed E-state index contributed by atoms with van der Waals surface area (Å²) in [6, 6.07) is 13.6. The highest BCUT2D eigenvalue weighted by Gasteiger charge is 2.05. The van der Waals surface area contributed by atoms with Gasteiger partial charge in [0.15, 0.2) is 0 Å². The van der Waals surface area contributed by atoms with E-state index in [0.29, 0.717) is 18.7 Å². The van der Waals surface area contributed by atoms with Crippen LogP contribution in [0.5, 0.6) is 5.75 Å². The van der Waals surface area contributed by atoms with Crippen molar-refractivity contribution in [1.82, 2.24) is 5.32 Å². The first-order valence-electron chi connectivity index (χ1n) is 7.12. The highest BCUT2D eigenvalue weighted by Crippen LogP contribution is 2.21. The zero-order chi connectivity index (χ0) is 15.2. The van der Waals surface area contributed by atoms with E-state index in [1.165, 1.54) is 0 Å². The highest BCUT2D eigenvalue weighted by atomic mass is 16.5. The van der Waals surface area contributed by atoms with Crippen LogP contribution in [0.1, 0.15) is 27.0 Å². The molecule has 0 aliphatic rings. The van der Waals surface area contributed by atoms with Crippen LogP contribution in [0.15, 0.2) is 42.5 Å². The van der Waals surface area contributed by atoms with Crippen molar-refractivity contribution in [3.8, 4) is 5.75 Å². The maximum Gasteiger partial charge on any atom is 0.251 e. The molecule has 0 spiro atoms. The van der Waals surface area contributed by atoms with Crippen LogP contribution in [0, 0.1) is 20.8 Å². The van der Waals surface area contributed by atoms with Crippen molar-refractivity contribution in [3.63, 3.8) is 0 Å². The van der Waals surface area contributed by atoms with Crippen molar-refractivity contribution in [2.24, 2.45) is 0 Å². The number of carbonyl (C=O) groups is 1. The topological polar surface area (TPSA) is 38.3 Å². The van der Waals surface area contributed by atoms with Gasteiger partial charge in [0.25, 0.3) is 5.91 Å². The zero-order valence-corrected chi connectivity index (χ0v) is 12.8. The molecule has 0 aromatic heterocycles. The van der Waals surface area contributed by atoms with Crippen molar-refractivity contribution in [1.29, 1.82) is 0 Å². The third-order valence-corrected chi connectivity index (χ3v) is 3.36. The van der Waals surface area contributed by atoms with Crippen LogP contribution in [0.3, 0.4) is 0 Å². The lowest BCUT2D eigenvalue weighted by atomic mass is 10.1. The van der Waals surface area contributed by atoms with Crippen molar-refractivity contribution in [3.05, 3.63) is 64.7 Å². The molecule has 110 valence electrons. The molecule has 3 nitrogen and oxygen atoms in total. The Bertz CT molecular complexity index is 597. The minimum atomic E-state index is -0.0693. The zero-order valence-electron chi connectivity index (χ0n) is 12.8. The van der Waals surface area contributed by atoms with Gasteiger partial charge in [0.05, 0.1) is 6.54 Å². The number of para-hydroxylation sites is 1. The van der Waals surface area contributed by atoms with Gasteiger partial charge in [-0.05, 0) is 44.0 Å². The first-order valence-corrected chi connectivity index (χ1v) is 7.12. The van der Waals surface area contributed by atoms with E-state index in [1.807, 2.05) is 63.2 Å². The molecule has 1 N–H and O–H groups in total. The summed E-state index contributed by atoms with van der Waals surface area (Å²) in [5.74, 6) is 0.835. The third-order valence-electron chi connectivity index (χ3n) is 3.36. The molecule has 1 amide bonds. The Hall–Kier alpha value is -2.29. The molecule has 0 radical (unpaired) electrons. The largest absolute Gasteiger partial charge is 0.491 e. The van der Waals surface area contributed by atoms with Crippen molar-refractivity contribution in [2.75, 3.05) is 13.2 Å². The third kappa shape index (κ3) is 4.09. The molecule has 2 aromatic rings. The molecular formula is C18H21NO2. The Labute approximate surface area is 126 Å². The van der Waals surface area contributed by atoms with E-state index < -0.39 is 0 Å². The predicted molar refractivity (Wildman–Crippen MR) is 84.9 cm³/mol. The van der Waals surface area contributed by atoms with E-state index in [4.69, 9.17) is 4.74 Å². The van der Waals surface area contributed by atoms with Crippen molar-refractivity contribution in [2.45, 2.75) is 20.8 Å². The number of nitrogens with one attached hydrogen (secondary N) is 1. The summed E-state index contributed by atoms with van der Waals surface area (Å²) in [5.41, 5.74) is 4.04. The molecule has 0 bridgehead atoms. The molecule has 0 atom stereocenters. The Kier molecular flexibility index (Phi) is 4.99. The number of hydrogen-bond acceptors (Lipinski definition) is 2. The Morgan fingerprint density at radius 1 is 1.00 bits per heavy atom. The smallest absolute Gasteiger partial charge is 0.251 e. The molecule has 3 heteroatoms. The second-order valence-corrected chi connectivity index (χ2v) is 5.19. The summed E-state index contributed by atoms with van der Waals surface area (Å²) < 4.78 is 5.76. The quantitative estimate of drug-likeness (QED) is 0.854. The van der Waals surface area contributed by atoms with Gasteiger partial charge >= 0.3 is 0 Å². The maximum atomic E-state index is 11.9. The van der Waals surface area contributed by atoms with Gasteiger partial charge in [0.2, 0.25) is 0 Å². The maximum absolute atomic E-state index is 11.9. The van der Waals surface area contributed by atoms with E-state index in [-0.39, 0.29) is 5.91 Å². The molecule has 2 rings (SSSR count). The molecule has 0 unspecified atom stereocenters. The fourth-order valence-corrected chi connectivity index (χ4v) is 2.15. The second-order valence-electron chi connectivity index (χ2n) is 5.19. The molecule has 21 heavy (non-hydrogen) atoms. The van der Waals surface area contributed by atoms with Gasteiger partial charge in [0.1, 0.15) is 12.4 Å². The summed E-state index contributed by atoms with van der Waals surface area (Å²) in [6.45, 7) is 6.99. The molecule has 0 aliphatic heterocycles. The number of carbonyl (C=O) groups excluding carboxylic acids is 1. The summed E-state index contributed by atoms with van der Waals surface area (Å²) in [5, 5.41) is 2.86. The fraction of sp³-hybridized carbons (Fsp3) is 0.278. The van der Waals surface area contributed by atoms with Gasteiger partial charge in [-0.3, -0.25) is 4.79 Å².